The van der Waals surface area contributed by atoms with E-state index in [4.69, 9.17) is 32.7 Å². The Morgan fingerprint density at radius 2 is 1.55 bits per heavy atom. The van der Waals surface area contributed by atoms with Crippen molar-refractivity contribution in [1.29, 1.82) is 0 Å². The Balaban J connectivity index is 1.72. The molecule has 8 nitrogen and oxygen atoms in total. The highest BCUT2D eigenvalue weighted by atomic mass is 35.5. The van der Waals surface area contributed by atoms with Gasteiger partial charge in [0.05, 0.1) is 27.1 Å². The van der Waals surface area contributed by atoms with E-state index in [1.54, 1.807) is 42.5 Å². The second kappa shape index (κ2) is 11.3. The Kier molecular flexibility index (Phi) is 8.23. The zero-order valence-electron chi connectivity index (χ0n) is 17.1. The molecule has 170 valence electrons. The minimum atomic E-state index is -1.53. The van der Waals surface area contributed by atoms with E-state index in [0.29, 0.717) is 11.1 Å². The molecule has 3 rings (SSSR count). The fourth-order valence-corrected chi connectivity index (χ4v) is 3.29. The van der Waals surface area contributed by atoms with Crippen LogP contribution in [0.2, 0.25) is 10.0 Å². The minimum Gasteiger partial charge on any atom is -0.457 e. The fourth-order valence-electron chi connectivity index (χ4n) is 2.78. The number of hydrogen-bond acceptors (Lipinski definition) is 7. The SMILES string of the molecule is O=C(Cc1ccccc1)OC(Nc1c(Cl)cccc1Cl)C(=O)OCc1ccc([N+](=O)[O-])cc1. The number of carbonyl (C=O) groups excluding carboxylic acids is 2. The number of non-ortho nitro benzene ring substituents is 1. The maximum atomic E-state index is 12.8. The van der Waals surface area contributed by atoms with Crippen molar-refractivity contribution in [2.45, 2.75) is 19.3 Å². The van der Waals surface area contributed by atoms with Crippen molar-refractivity contribution in [3.05, 3.63) is 104 Å². The van der Waals surface area contributed by atoms with Crippen LogP contribution in [0.25, 0.3) is 0 Å². The molecule has 10 heteroatoms. The smallest absolute Gasteiger partial charge is 0.369 e. The topological polar surface area (TPSA) is 108 Å². The van der Waals surface area contributed by atoms with Crippen LogP contribution in [0.3, 0.4) is 0 Å². The van der Waals surface area contributed by atoms with Crippen molar-refractivity contribution < 1.29 is 24.0 Å². The summed E-state index contributed by atoms with van der Waals surface area (Å²) in [5.74, 6) is -1.57. The first kappa shape index (κ1) is 24.0. The average molecular weight is 489 g/mol. The van der Waals surface area contributed by atoms with E-state index in [-0.39, 0.29) is 34.4 Å². The van der Waals surface area contributed by atoms with Crippen LogP contribution in [0, 0.1) is 10.1 Å². The standard InChI is InChI=1S/C23H18Cl2N2O6/c24-18-7-4-8-19(25)21(18)26-22(33-20(28)13-15-5-2-1-3-6-15)23(29)32-14-16-9-11-17(12-10-16)27(30)31/h1-12,22,26H,13-14H2. The normalized spacial score (nSPS) is 11.3. The van der Waals surface area contributed by atoms with Crippen LogP contribution in [0.1, 0.15) is 11.1 Å². The summed E-state index contributed by atoms with van der Waals surface area (Å²) in [6, 6.07) is 19.1. The highest BCUT2D eigenvalue weighted by Crippen LogP contribution is 2.30. The lowest BCUT2D eigenvalue weighted by Gasteiger charge is -2.20. The molecule has 3 aromatic carbocycles. The van der Waals surface area contributed by atoms with E-state index in [1.165, 1.54) is 24.3 Å². The first-order chi connectivity index (χ1) is 15.8. The maximum absolute atomic E-state index is 12.8. The molecule has 0 saturated heterocycles. The van der Waals surface area contributed by atoms with Crippen molar-refractivity contribution in [3.8, 4) is 0 Å². The summed E-state index contributed by atoms with van der Waals surface area (Å²) in [6.07, 6.45) is -1.60. The molecule has 0 amide bonds. The molecule has 0 bridgehead atoms. The zero-order valence-corrected chi connectivity index (χ0v) is 18.6. The number of ether oxygens (including phenoxy) is 2. The summed E-state index contributed by atoms with van der Waals surface area (Å²) >= 11 is 12.3. The van der Waals surface area contributed by atoms with Gasteiger partial charge in [0.25, 0.3) is 11.9 Å². The van der Waals surface area contributed by atoms with Crippen molar-refractivity contribution >= 4 is 46.5 Å². The third kappa shape index (κ3) is 6.93. The van der Waals surface area contributed by atoms with Gasteiger partial charge < -0.3 is 14.8 Å². The van der Waals surface area contributed by atoms with E-state index in [1.807, 2.05) is 6.07 Å². The monoisotopic (exact) mass is 488 g/mol. The van der Waals surface area contributed by atoms with Crippen LogP contribution in [0.5, 0.6) is 0 Å². The minimum absolute atomic E-state index is 0.0646. The molecule has 0 fully saturated rings. The van der Waals surface area contributed by atoms with Gasteiger partial charge in [-0.05, 0) is 35.4 Å². The number of nitro benzene ring substituents is 1. The van der Waals surface area contributed by atoms with Gasteiger partial charge in [-0.15, -0.1) is 0 Å². The van der Waals surface area contributed by atoms with Crippen molar-refractivity contribution in [1.82, 2.24) is 0 Å². The van der Waals surface area contributed by atoms with Gasteiger partial charge in [-0.2, -0.15) is 0 Å². The van der Waals surface area contributed by atoms with Crippen LogP contribution in [0.4, 0.5) is 11.4 Å². The lowest BCUT2D eigenvalue weighted by molar-refractivity contribution is -0.384. The molecule has 1 atom stereocenters. The zero-order chi connectivity index (χ0) is 23.8. The number of benzene rings is 3. The second-order valence-electron chi connectivity index (χ2n) is 6.80. The van der Waals surface area contributed by atoms with Gasteiger partial charge >= 0.3 is 11.9 Å². The number of nitro groups is 1. The van der Waals surface area contributed by atoms with Gasteiger partial charge in [0.1, 0.15) is 6.61 Å². The predicted molar refractivity (Wildman–Crippen MR) is 123 cm³/mol. The predicted octanol–water partition coefficient (Wildman–Crippen LogP) is 5.17. The average Bonchev–Trinajstić information content (AvgIpc) is 2.80. The molecule has 0 aliphatic rings. The first-order valence-electron chi connectivity index (χ1n) is 9.67. The molecule has 0 spiro atoms. The van der Waals surface area contributed by atoms with Crippen LogP contribution in [0.15, 0.2) is 72.8 Å². The number of halogens is 2. The molecule has 0 aromatic heterocycles. The molecule has 0 saturated carbocycles. The van der Waals surface area contributed by atoms with Crippen LogP contribution in [-0.4, -0.2) is 23.1 Å². The number of para-hydroxylation sites is 1. The Morgan fingerprint density at radius 1 is 0.909 bits per heavy atom. The van der Waals surface area contributed by atoms with Crippen LogP contribution >= 0.6 is 23.2 Å². The largest absolute Gasteiger partial charge is 0.457 e. The molecule has 1 unspecified atom stereocenters. The molecule has 0 heterocycles. The van der Waals surface area contributed by atoms with E-state index < -0.39 is 23.1 Å². The number of hydrogen-bond donors (Lipinski definition) is 1. The lowest BCUT2D eigenvalue weighted by Crippen LogP contribution is -2.36. The lowest BCUT2D eigenvalue weighted by atomic mass is 10.2. The first-order valence-corrected chi connectivity index (χ1v) is 10.4. The second-order valence-corrected chi connectivity index (χ2v) is 7.62. The van der Waals surface area contributed by atoms with Gasteiger partial charge in [-0.3, -0.25) is 14.9 Å². The van der Waals surface area contributed by atoms with Gasteiger partial charge in [0.15, 0.2) is 0 Å². The van der Waals surface area contributed by atoms with Gasteiger partial charge in [-0.25, -0.2) is 4.79 Å². The number of anilines is 1. The van der Waals surface area contributed by atoms with Gasteiger partial charge in [-0.1, -0.05) is 59.6 Å². The highest BCUT2D eigenvalue weighted by molar-refractivity contribution is 6.39. The Labute approximate surface area is 199 Å². The number of nitrogens with one attached hydrogen (secondary N) is 1. The van der Waals surface area contributed by atoms with Crippen LogP contribution < -0.4 is 5.32 Å². The van der Waals surface area contributed by atoms with Crippen LogP contribution in [-0.2, 0) is 32.1 Å². The number of nitrogens with zero attached hydrogens (tertiary/aromatic N) is 1. The summed E-state index contributed by atoms with van der Waals surface area (Å²) in [5, 5.41) is 13.9. The van der Waals surface area contributed by atoms with Gasteiger partial charge in [0.2, 0.25) is 0 Å². The molecule has 33 heavy (non-hydrogen) atoms. The molecular weight excluding hydrogens is 471 g/mol. The Hall–Kier alpha value is -3.62. The summed E-state index contributed by atoms with van der Waals surface area (Å²) in [7, 11) is 0. The quantitative estimate of drug-likeness (QED) is 0.191. The van der Waals surface area contributed by atoms with Crippen molar-refractivity contribution in [2.24, 2.45) is 0 Å². The number of esters is 2. The number of carbonyl (C=O) groups is 2. The molecule has 0 radical (unpaired) electrons. The van der Waals surface area contributed by atoms with E-state index in [2.05, 4.69) is 5.32 Å². The highest BCUT2D eigenvalue weighted by Gasteiger charge is 2.26. The molecule has 3 aromatic rings. The van der Waals surface area contributed by atoms with E-state index in [0.717, 1.165) is 0 Å². The van der Waals surface area contributed by atoms with E-state index >= 15 is 0 Å². The number of rotatable bonds is 9. The molecule has 1 N–H and O–H groups in total. The summed E-state index contributed by atoms with van der Waals surface area (Å²) in [4.78, 5) is 35.5. The summed E-state index contributed by atoms with van der Waals surface area (Å²) in [6.45, 7) is -0.193. The fraction of sp³-hybridized carbons (Fsp3) is 0.130. The maximum Gasteiger partial charge on any atom is 0.369 e. The third-order valence-corrected chi connectivity index (χ3v) is 5.05. The molecule has 0 aliphatic carbocycles. The Bertz CT molecular complexity index is 1120. The van der Waals surface area contributed by atoms with Crippen molar-refractivity contribution in [3.63, 3.8) is 0 Å². The van der Waals surface area contributed by atoms with E-state index in [9.17, 15) is 19.7 Å². The molecule has 0 aliphatic heterocycles. The Morgan fingerprint density at radius 3 is 2.15 bits per heavy atom. The summed E-state index contributed by atoms with van der Waals surface area (Å²) in [5.41, 5.74) is 1.33. The third-order valence-electron chi connectivity index (χ3n) is 4.42. The van der Waals surface area contributed by atoms with Gasteiger partial charge in [0, 0.05) is 12.1 Å². The molecular formula is C23H18Cl2N2O6. The summed E-state index contributed by atoms with van der Waals surface area (Å²) < 4.78 is 10.6. The van der Waals surface area contributed by atoms with Crippen molar-refractivity contribution in [2.75, 3.05) is 5.32 Å².